The number of rotatable bonds is 6. The fourth-order valence-electron chi connectivity index (χ4n) is 3.70. The summed E-state index contributed by atoms with van der Waals surface area (Å²) < 4.78 is 11.1. The van der Waals surface area contributed by atoms with Gasteiger partial charge in [-0.05, 0) is 49.9 Å². The predicted molar refractivity (Wildman–Crippen MR) is 66.9 cm³/mol. The molecule has 2 aliphatic rings. The third-order valence-corrected chi connectivity index (χ3v) is 4.15. The van der Waals surface area contributed by atoms with Gasteiger partial charge in [0.05, 0.1) is 32.5 Å². The predicted octanol–water partition coefficient (Wildman–Crippen LogP) is 2.23. The average Bonchev–Trinajstić information content (AvgIpc) is 2.27. The van der Waals surface area contributed by atoms with Crippen molar-refractivity contribution in [3.05, 3.63) is 0 Å². The van der Waals surface area contributed by atoms with Gasteiger partial charge in [-0.2, -0.15) is 0 Å². The second kappa shape index (κ2) is 6.72. The normalized spacial score (nSPS) is 37.1. The lowest BCUT2D eigenvalue weighted by Gasteiger charge is -2.41. The van der Waals surface area contributed by atoms with Gasteiger partial charge in [-0.3, -0.25) is 0 Å². The quantitative estimate of drug-likeness (QED) is 0.726. The van der Waals surface area contributed by atoms with Crippen molar-refractivity contribution in [2.24, 2.45) is 17.8 Å². The number of fused-ring (bicyclic) bond motifs is 2. The van der Waals surface area contributed by atoms with Gasteiger partial charge in [-0.1, -0.05) is 6.92 Å². The van der Waals surface area contributed by atoms with E-state index in [0.717, 1.165) is 17.8 Å². The van der Waals surface area contributed by atoms with Crippen molar-refractivity contribution in [3.63, 3.8) is 0 Å². The third kappa shape index (κ3) is 4.23. The van der Waals surface area contributed by atoms with Crippen molar-refractivity contribution in [2.75, 3.05) is 26.4 Å². The molecule has 0 aromatic carbocycles. The minimum Gasteiger partial charge on any atom is -0.394 e. The number of ether oxygens (including phenoxy) is 2. The topological polar surface area (TPSA) is 38.7 Å². The first-order valence-electron chi connectivity index (χ1n) is 7.08. The van der Waals surface area contributed by atoms with Crippen LogP contribution in [-0.4, -0.2) is 37.6 Å². The summed E-state index contributed by atoms with van der Waals surface area (Å²) in [5, 5.41) is 8.58. The van der Waals surface area contributed by atoms with Gasteiger partial charge in [-0.15, -0.1) is 0 Å². The van der Waals surface area contributed by atoms with E-state index in [9.17, 15) is 0 Å². The first kappa shape index (κ1) is 13.3. The van der Waals surface area contributed by atoms with Gasteiger partial charge in [-0.25, -0.2) is 0 Å². The van der Waals surface area contributed by atoms with Gasteiger partial charge in [0.1, 0.15) is 0 Å². The molecule has 3 heteroatoms. The van der Waals surface area contributed by atoms with Crippen molar-refractivity contribution in [2.45, 2.75) is 45.1 Å². The fourth-order valence-corrected chi connectivity index (χ4v) is 3.70. The maximum absolute atomic E-state index is 8.58. The third-order valence-electron chi connectivity index (χ3n) is 4.15. The van der Waals surface area contributed by atoms with Crippen molar-refractivity contribution in [1.29, 1.82) is 0 Å². The minimum absolute atomic E-state index is 0.103. The molecule has 2 atom stereocenters. The molecule has 0 spiro atoms. The van der Waals surface area contributed by atoms with Crippen LogP contribution in [0.15, 0.2) is 0 Å². The molecule has 3 nitrogen and oxygen atoms in total. The lowest BCUT2D eigenvalue weighted by molar-refractivity contribution is -0.0483. The summed E-state index contributed by atoms with van der Waals surface area (Å²) >= 11 is 0. The summed E-state index contributed by atoms with van der Waals surface area (Å²) in [5.74, 6) is 2.73. The molecular formula is C14H26O3. The molecule has 0 heterocycles. The van der Waals surface area contributed by atoms with E-state index < -0.39 is 0 Å². The lowest BCUT2D eigenvalue weighted by atomic mass is 9.67. The molecule has 17 heavy (non-hydrogen) atoms. The smallest absolute Gasteiger partial charge is 0.0704 e. The fraction of sp³-hybridized carbons (Fsp3) is 1.00. The van der Waals surface area contributed by atoms with Crippen molar-refractivity contribution >= 4 is 0 Å². The molecule has 0 aromatic heterocycles. The second-order valence-electron chi connectivity index (χ2n) is 5.84. The summed E-state index contributed by atoms with van der Waals surface area (Å²) in [7, 11) is 0. The molecule has 0 aromatic rings. The molecule has 0 amide bonds. The molecule has 2 fully saturated rings. The summed E-state index contributed by atoms with van der Waals surface area (Å²) in [6, 6.07) is 0. The molecule has 0 aliphatic heterocycles. The Morgan fingerprint density at radius 3 is 2.29 bits per heavy atom. The zero-order valence-electron chi connectivity index (χ0n) is 10.9. The Bertz CT molecular complexity index is 202. The van der Waals surface area contributed by atoms with E-state index in [1.54, 1.807) is 0 Å². The number of aliphatic hydroxyl groups is 1. The van der Waals surface area contributed by atoms with Crippen LogP contribution in [0.5, 0.6) is 0 Å². The van der Waals surface area contributed by atoms with Crippen molar-refractivity contribution in [3.8, 4) is 0 Å². The average molecular weight is 242 g/mol. The largest absolute Gasteiger partial charge is 0.394 e. The second-order valence-corrected chi connectivity index (χ2v) is 5.84. The van der Waals surface area contributed by atoms with E-state index in [-0.39, 0.29) is 6.61 Å². The molecule has 0 radical (unpaired) electrons. The molecule has 100 valence electrons. The van der Waals surface area contributed by atoms with Gasteiger partial charge < -0.3 is 14.6 Å². The van der Waals surface area contributed by atoms with E-state index >= 15 is 0 Å². The summed E-state index contributed by atoms with van der Waals surface area (Å²) in [4.78, 5) is 0. The highest BCUT2D eigenvalue weighted by Crippen LogP contribution is 2.43. The zero-order chi connectivity index (χ0) is 12.1. The van der Waals surface area contributed by atoms with Crippen molar-refractivity contribution in [1.82, 2.24) is 0 Å². The Balaban J connectivity index is 1.63. The first-order valence-corrected chi connectivity index (χ1v) is 7.08. The molecular weight excluding hydrogens is 216 g/mol. The van der Waals surface area contributed by atoms with Crippen LogP contribution in [0.4, 0.5) is 0 Å². The first-order chi connectivity index (χ1) is 8.28. The Hall–Kier alpha value is -0.120. The Labute approximate surface area is 104 Å². The molecule has 2 unspecified atom stereocenters. The van der Waals surface area contributed by atoms with Gasteiger partial charge in [0.25, 0.3) is 0 Å². The van der Waals surface area contributed by atoms with Gasteiger partial charge in [0.2, 0.25) is 0 Å². The van der Waals surface area contributed by atoms with Crippen LogP contribution in [0.3, 0.4) is 0 Å². The van der Waals surface area contributed by atoms with Crippen LogP contribution in [0, 0.1) is 17.8 Å². The monoisotopic (exact) mass is 242 g/mol. The molecule has 2 aliphatic carbocycles. The van der Waals surface area contributed by atoms with Crippen LogP contribution in [-0.2, 0) is 9.47 Å². The van der Waals surface area contributed by atoms with Crippen LogP contribution in [0.25, 0.3) is 0 Å². The SMILES string of the molecule is CC1CC2CC(C1)CC(OCCOCCO)C2. The summed E-state index contributed by atoms with van der Waals surface area (Å²) in [6.07, 6.45) is 7.20. The standard InChI is InChI=1S/C14H26O3/c1-11-6-12-8-13(7-11)10-14(9-12)17-5-4-16-3-2-15/h11-15H,2-10H2,1H3. The van der Waals surface area contributed by atoms with E-state index in [4.69, 9.17) is 14.6 Å². The summed E-state index contributed by atoms with van der Waals surface area (Å²) in [6.45, 7) is 4.22. The maximum Gasteiger partial charge on any atom is 0.0704 e. The molecule has 2 rings (SSSR count). The van der Waals surface area contributed by atoms with Crippen LogP contribution < -0.4 is 0 Å². The molecule has 1 N–H and O–H groups in total. The zero-order valence-corrected chi connectivity index (χ0v) is 10.9. The van der Waals surface area contributed by atoms with E-state index in [2.05, 4.69) is 6.92 Å². The van der Waals surface area contributed by atoms with E-state index in [1.807, 2.05) is 0 Å². The Morgan fingerprint density at radius 1 is 0.941 bits per heavy atom. The molecule has 2 bridgehead atoms. The summed E-state index contributed by atoms with van der Waals surface area (Å²) in [5.41, 5.74) is 0. The highest BCUT2D eigenvalue weighted by atomic mass is 16.5. The number of aliphatic hydroxyl groups excluding tert-OH is 1. The van der Waals surface area contributed by atoms with Crippen LogP contribution in [0.2, 0.25) is 0 Å². The van der Waals surface area contributed by atoms with Gasteiger partial charge >= 0.3 is 0 Å². The van der Waals surface area contributed by atoms with E-state index in [0.29, 0.717) is 25.9 Å². The lowest BCUT2D eigenvalue weighted by Crippen LogP contribution is -2.34. The molecule has 0 saturated heterocycles. The van der Waals surface area contributed by atoms with Gasteiger partial charge in [0, 0.05) is 0 Å². The minimum atomic E-state index is 0.103. The maximum atomic E-state index is 8.58. The Morgan fingerprint density at radius 2 is 1.65 bits per heavy atom. The highest BCUT2D eigenvalue weighted by molar-refractivity contribution is 4.85. The van der Waals surface area contributed by atoms with E-state index in [1.165, 1.54) is 32.1 Å². The number of hydrogen-bond acceptors (Lipinski definition) is 3. The Kier molecular flexibility index (Phi) is 5.26. The highest BCUT2D eigenvalue weighted by Gasteiger charge is 2.34. The van der Waals surface area contributed by atoms with Crippen LogP contribution >= 0.6 is 0 Å². The van der Waals surface area contributed by atoms with Gasteiger partial charge in [0.15, 0.2) is 0 Å². The number of hydrogen-bond donors (Lipinski definition) is 1. The van der Waals surface area contributed by atoms with Crippen molar-refractivity contribution < 1.29 is 14.6 Å². The van der Waals surface area contributed by atoms with Crippen LogP contribution in [0.1, 0.15) is 39.0 Å². The molecule has 2 saturated carbocycles.